The van der Waals surface area contributed by atoms with Gasteiger partial charge in [-0.05, 0) is 68.6 Å². The number of nitrogens with one attached hydrogen (secondary N) is 2. The Morgan fingerprint density at radius 1 is 1.10 bits per heavy atom. The molecule has 0 unspecified atom stereocenters. The Morgan fingerprint density at radius 3 is 2.44 bits per heavy atom. The molecule has 0 spiro atoms. The zero-order valence-corrected chi connectivity index (χ0v) is 30.9. The number of allylic oxidation sites excluding steroid dienone is 1. The summed E-state index contributed by atoms with van der Waals surface area (Å²) in [7, 11) is 0. The number of pyridine rings is 1. The van der Waals surface area contributed by atoms with Crippen molar-refractivity contribution in [2.75, 3.05) is 13.2 Å². The molecule has 0 aliphatic carbocycles. The lowest BCUT2D eigenvalue weighted by molar-refractivity contribution is -0.153. The molecule has 1 aromatic heterocycles. The summed E-state index contributed by atoms with van der Waals surface area (Å²) in [4.78, 5) is 55.2. The van der Waals surface area contributed by atoms with E-state index in [9.17, 15) is 19.2 Å². The number of hydrazine groups is 1. The number of carbonyl (C=O) groups excluding carboxylic acids is 4. The minimum absolute atomic E-state index is 0.0485. The third kappa shape index (κ3) is 12.2. The van der Waals surface area contributed by atoms with Crippen molar-refractivity contribution in [3.05, 3.63) is 47.7 Å². The lowest BCUT2D eigenvalue weighted by Gasteiger charge is -2.35. The van der Waals surface area contributed by atoms with Crippen LogP contribution in [0.1, 0.15) is 91.5 Å². The highest BCUT2D eigenvalue weighted by atomic mass is 35.6. The van der Waals surface area contributed by atoms with Gasteiger partial charge in [-0.3, -0.25) is 24.2 Å². The zero-order valence-electron chi connectivity index (χ0n) is 28.6. The van der Waals surface area contributed by atoms with Gasteiger partial charge in [0.05, 0.1) is 11.2 Å². The second kappa shape index (κ2) is 17.1. The Morgan fingerprint density at radius 2 is 1.79 bits per heavy atom. The lowest BCUT2D eigenvalue weighted by atomic mass is 9.80. The molecular formula is C35H47Cl3N4O6. The van der Waals surface area contributed by atoms with E-state index in [2.05, 4.69) is 36.7 Å². The summed E-state index contributed by atoms with van der Waals surface area (Å²) in [6, 6.07) is 8.29. The van der Waals surface area contributed by atoms with Gasteiger partial charge in [-0.25, -0.2) is 10.4 Å². The fourth-order valence-corrected chi connectivity index (χ4v) is 5.64. The average molecular weight is 726 g/mol. The number of ether oxygens (including phenoxy) is 2. The number of rotatable bonds is 13. The van der Waals surface area contributed by atoms with Crippen molar-refractivity contribution >= 4 is 75.5 Å². The van der Waals surface area contributed by atoms with Gasteiger partial charge in [0.1, 0.15) is 24.8 Å². The zero-order chi connectivity index (χ0) is 35.8. The summed E-state index contributed by atoms with van der Waals surface area (Å²) in [5.74, 6) is -1.79. The van der Waals surface area contributed by atoms with Crippen LogP contribution in [-0.2, 0) is 28.7 Å². The van der Waals surface area contributed by atoms with Crippen molar-refractivity contribution in [1.29, 1.82) is 0 Å². The molecule has 1 aliphatic heterocycles. The van der Waals surface area contributed by atoms with Gasteiger partial charge in [0.25, 0.3) is 5.91 Å². The van der Waals surface area contributed by atoms with Crippen LogP contribution < -0.4 is 10.7 Å². The maximum atomic E-state index is 13.4. The van der Waals surface area contributed by atoms with Crippen LogP contribution in [0.5, 0.6) is 0 Å². The molecule has 1 aromatic carbocycles. The lowest BCUT2D eigenvalue weighted by Crippen LogP contribution is -2.59. The number of hydrogen-bond donors (Lipinski definition) is 2. The molecule has 2 aromatic rings. The second-order valence-corrected chi connectivity index (χ2v) is 15.9. The van der Waals surface area contributed by atoms with Gasteiger partial charge in [-0.1, -0.05) is 92.8 Å². The molecular weight excluding hydrogens is 679 g/mol. The Kier molecular flexibility index (Phi) is 14.1. The van der Waals surface area contributed by atoms with Gasteiger partial charge >= 0.3 is 11.9 Å². The van der Waals surface area contributed by atoms with Crippen molar-refractivity contribution in [2.24, 2.45) is 17.3 Å². The molecule has 2 heterocycles. The highest BCUT2D eigenvalue weighted by Crippen LogP contribution is 2.31. The van der Waals surface area contributed by atoms with E-state index in [4.69, 9.17) is 49.3 Å². The van der Waals surface area contributed by atoms with Crippen LogP contribution in [-0.4, -0.2) is 62.8 Å². The number of fused-ring (bicyclic) bond motifs is 1. The van der Waals surface area contributed by atoms with Gasteiger partial charge in [-0.15, -0.1) is 0 Å². The number of carbonyl (C=O) groups is 4. The molecule has 4 atom stereocenters. The van der Waals surface area contributed by atoms with E-state index in [0.717, 1.165) is 22.9 Å². The normalized spacial score (nSPS) is 17.6. The van der Waals surface area contributed by atoms with Crippen LogP contribution in [0.3, 0.4) is 0 Å². The second-order valence-electron chi connectivity index (χ2n) is 13.4. The van der Waals surface area contributed by atoms with E-state index in [1.165, 1.54) is 11.9 Å². The number of esters is 2. The first-order valence-corrected chi connectivity index (χ1v) is 17.4. The summed E-state index contributed by atoms with van der Waals surface area (Å²) >= 11 is 17.0. The molecule has 264 valence electrons. The molecule has 13 heteroatoms. The monoisotopic (exact) mass is 724 g/mol. The van der Waals surface area contributed by atoms with Gasteiger partial charge in [0, 0.05) is 24.8 Å². The Hall–Kier alpha value is -2.92. The third-order valence-electron chi connectivity index (χ3n) is 8.31. The van der Waals surface area contributed by atoms with Crippen LogP contribution >= 0.6 is 34.8 Å². The number of nitrogens with zero attached hydrogens (tertiary/aromatic N) is 2. The number of hydrogen-bond acceptors (Lipinski definition) is 8. The Bertz CT molecular complexity index is 1490. The fraction of sp³-hybridized carbons (Fsp3) is 0.571. The number of benzene rings is 1. The summed E-state index contributed by atoms with van der Waals surface area (Å²) in [5, 5.41) is 5.22. The van der Waals surface area contributed by atoms with Crippen LogP contribution in [0.25, 0.3) is 17.0 Å². The molecule has 1 saturated heterocycles. The quantitative estimate of drug-likeness (QED) is 0.169. The van der Waals surface area contributed by atoms with Crippen molar-refractivity contribution in [3.8, 4) is 0 Å². The number of halogens is 3. The molecule has 0 saturated carbocycles. The third-order valence-corrected chi connectivity index (χ3v) is 8.64. The van der Waals surface area contributed by atoms with Crippen molar-refractivity contribution in [2.45, 2.75) is 96.1 Å². The van der Waals surface area contributed by atoms with Gasteiger partial charge in [0.15, 0.2) is 0 Å². The largest absolute Gasteiger partial charge is 0.460 e. The van der Waals surface area contributed by atoms with Crippen molar-refractivity contribution in [3.63, 3.8) is 0 Å². The molecule has 2 N–H and O–H groups in total. The number of amides is 2. The fourth-order valence-electron chi connectivity index (χ4n) is 5.47. The van der Waals surface area contributed by atoms with E-state index in [-0.39, 0.29) is 35.0 Å². The van der Waals surface area contributed by atoms with Crippen LogP contribution in [0.2, 0.25) is 0 Å². The maximum Gasteiger partial charge on any atom is 0.325 e. The first-order chi connectivity index (χ1) is 22.3. The van der Waals surface area contributed by atoms with Crippen LogP contribution in [0.15, 0.2) is 36.4 Å². The molecule has 48 heavy (non-hydrogen) atoms. The van der Waals surface area contributed by atoms with Gasteiger partial charge in [-0.2, -0.15) is 0 Å². The predicted molar refractivity (Wildman–Crippen MR) is 189 cm³/mol. The van der Waals surface area contributed by atoms with Crippen molar-refractivity contribution < 1.29 is 28.7 Å². The standard InChI is InChI=1S/C35H47Cl3N4O6/c1-21(2)27(31(44)39-22(3)32(45)42-18-8-9-29(41-42)33(46)47-20-35(36,37)38)15-17-34(6,7)16-14-25-10-11-26-12-13-28(40-30(26)19-25)23(4)48-24(5)43/h10-14,16,19,21-23,27,29,41H,8-9,15,17-18,20H2,1-7H3,(H,39,44)/b16-14+/t22-,23+,27-,29-/m0/s1. The van der Waals surface area contributed by atoms with E-state index in [1.807, 2.05) is 44.2 Å². The Balaban J connectivity index is 1.58. The van der Waals surface area contributed by atoms with Crippen molar-refractivity contribution in [1.82, 2.24) is 20.7 Å². The SMILES string of the molecule is CC(=O)O[C@H](C)c1ccc2ccc(/C=C/C(C)(C)CC[C@H](C(=O)N[C@@H](C)C(=O)N3CCC[C@@H](C(=O)OCC(Cl)(Cl)Cl)N3)C(C)C)cc2n1. The molecule has 0 radical (unpaired) electrons. The van der Waals surface area contributed by atoms with Gasteiger partial charge in [0.2, 0.25) is 9.70 Å². The summed E-state index contributed by atoms with van der Waals surface area (Å²) < 4.78 is 8.62. The summed E-state index contributed by atoms with van der Waals surface area (Å²) in [6.07, 6.45) is 6.14. The first-order valence-electron chi connectivity index (χ1n) is 16.2. The summed E-state index contributed by atoms with van der Waals surface area (Å²) in [6.45, 7) is 13.0. The molecule has 1 fully saturated rings. The van der Waals surface area contributed by atoms with Crippen LogP contribution in [0, 0.1) is 17.3 Å². The molecule has 1 aliphatic rings. The predicted octanol–water partition coefficient (Wildman–Crippen LogP) is 6.86. The van der Waals surface area contributed by atoms with E-state index in [1.54, 1.807) is 13.8 Å². The number of aromatic nitrogens is 1. The Labute approximate surface area is 298 Å². The summed E-state index contributed by atoms with van der Waals surface area (Å²) in [5.41, 5.74) is 5.14. The molecule has 10 nitrogen and oxygen atoms in total. The maximum absolute atomic E-state index is 13.4. The van der Waals surface area contributed by atoms with Gasteiger partial charge < -0.3 is 14.8 Å². The highest BCUT2D eigenvalue weighted by molar-refractivity contribution is 6.67. The first kappa shape index (κ1) is 39.5. The molecule has 0 bridgehead atoms. The molecule has 3 rings (SSSR count). The topological polar surface area (TPSA) is 127 Å². The molecule has 2 amide bonds. The van der Waals surface area contributed by atoms with E-state index in [0.29, 0.717) is 31.5 Å². The van der Waals surface area contributed by atoms with Crippen LogP contribution in [0.4, 0.5) is 0 Å². The minimum Gasteiger partial charge on any atom is -0.460 e. The van der Waals surface area contributed by atoms with E-state index >= 15 is 0 Å². The average Bonchev–Trinajstić information content (AvgIpc) is 3.01. The minimum atomic E-state index is -1.73. The highest BCUT2D eigenvalue weighted by Gasteiger charge is 2.34. The van der Waals surface area contributed by atoms with E-state index < -0.39 is 34.6 Å². The smallest absolute Gasteiger partial charge is 0.325 e. The number of alkyl halides is 3.